The van der Waals surface area contributed by atoms with Crippen LogP contribution in [0.3, 0.4) is 0 Å². The second-order valence-corrected chi connectivity index (χ2v) is 9.46. The van der Waals surface area contributed by atoms with E-state index in [9.17, 15) is 4.21 Å². The molecule has 1 aromatic heterocycles. The normalized spacial score (nSPS) is 21.0. The summed E-state index contributed by atoms with van der Waals surface area (Å²) in [5.74, 6) is 2.36. The van der Waals surface area contributed by atoms with E-state index in [1.807, 2.05) is 26.0 Å². The van der Waals surface area contributed by atoms with Crippen LogP contribution in [0.2, 0.25) is 5.02 Å². The first-order valence-corrected chi connectivity index (χ1v) is 11.9. The van der Waals surface area contributed by atoms with Crippen molar-refractivity contribution in [3.8, 4) is 11.4 Å². The lowest BCUT2D eigenvalue weighted by atomic mass is 9.95. The van der Waals surface area contributed by atoms with E-state index in [-0.39, 0.29) is 17.8 Å². The molecular weight excluding hydrogens is 410 g/mol. The number of benzene rings is 1. The zero-order chi connectivity index (χ0) is 20.6. The molecule has 7 nitrogen and oxygen atoms in total. The van der Waals surface area contributed by atoms with Gasteiger partial charge in [-0.25, -0.2) is 4.99 Å². The lowest BCUT2D eigenvalue weighted by molar-refractivity contribution is 0.379. The van der Waals surface area contributed by atoms with Crippen LogP contribution < -0.4 is 10.6 Å². The van der Waals surface area contributed by atoms with Crippen molar-refractivity contribution < 1.29 is 8.73 Å². The lowest BCUT2D eigenvalue weighted by Crippen LogP contribution is -2.46. The first kappa shape index (κ1) is 21.8. The highest BCUT2D eigenvalue weighted by atomic mass is 35.5. The molecule has 3 atom stereocenters. The Kier molecular flexibility index (Phi) is 8.06. The Labute approximate surface area is 179 Å². The van der Waals surface area contributed by atoms with Crippen molar-refractivity contribution in [3.63, 3.8) is 0 Å². The molecule has 1 heterocycles. The van der Waals surface area contributed by atoms with E-state index >= 15 is 0 Å². The summed E-state index contributed by atoms with van der Waals surface area (Å²) in [5, 5.41) is 11.7. The van der Waals surface area contributed by atoms with Crippen LogP contribution in [0.25, 0.3) is 11.4 Å². The van der Waals surface area contributed by atoms with Gasteiger partial charge in [0.05, 0.1) is 0 Å². The van der Waals surface area contributed by atoms with E-state index in [1.54, 1.807) is 12.1 Å². The molecule has 0 amide bonds. The third kappa shape index (κ3) is 6.27. The predicted molar refractivity (Wildman–Crippen MR) is 117 cm³/mol. The van der Waals surface area contributed by atoms with Crippen LogP contribution in [0.5, 0.6) is 0 Å². The van der Waals surface area contributed by atoms with E-state index in [0.29, 0.717) is 22.7 Å². The fourth-order valence-electron chi connectivity index (χ4n) is 3.47. The summed E-state index contributed by atoms with van der Waals surface area (Å²) < 4.78 is 17.5. The second-order valence-electron chi connectivity index (χ2n) is 7.02. The first-order chi connectivity index (χ1) is 14.1. The Morgan fingerprint density at radius 3 is 3.00 bits per heavy atom. The monoisotopic (exact) mass is 437 g/mol. The van der Waals surface area contributed by atoms with E-state index in [2.05, 4.69) is 25.8 Å². The van der Waals surface area contributed by atoms with Crippen molar-refractivity contribution in [2.75, 3.05) is 12.3 Å². The third-order valence-electron chi connectivity index (χ3n) is 4.89. The van der Waals surface area contributed by atoms with Gasteiger partial charge in [-0.2, -0.15) is 4.98 Å². The number of aromatic nitrogens is 2. The second kappa shape index (κ2) is 10.7. The third-order valence-corrected chi connectivity index (χ3v) is 6.87. The number of halogens is 1. The van der Waals surface area contributed by atoms with E-state index in [0.717, 1.165) is 43.5 Å². The van der Waals surface area contributed by atoms with E-state index in [1.165, 1.54) is 0 Å². The molecule has 0 spiro atoms. The summed E-state index contributed by atoms with van der Waals surface area (Å²) in [6.45, 7) is 5.04. The minimum Gasteiger partial charge on any atom is -0.357 e. The van der Waals surface area contributed by atoms with Crippen LogP contribution >= 0.6 is 11.6 Å². The van der Waals surface area contributed by atoms with Crippen molar-refractivity contribution in [2.45, 2.75) is 57.4 Å². The molecule has 2 N–H and O–H groups in total. The number of nitrogens with zero attached hydrogens (tertiary/aromatic N) is 3. The molecule has 0 saturated heterocycles. The summed E-state index contributed by atoms with van der Waals surface area (Å²) >= 11 is 6.03. The molecule has 3 rings (SSSR count). The number of guanidine groups is 1. The van der Waals surface area contributed by atoms with Crippen molar-refractivity contribution in [1.29, 1.82) is 0 Å². The van der Waals surface area contributed by atoms with Gasteiger partial charge in [-0.05, 0) is 38.3 Å². The summed E-state index contributed by atoms with van der Waals surface area (Å²) in [4.78, 5) is 9.00. The summed E-state index contributed by atoms with van der Waals surface area (Å²) in [6, 6.07) is 7.60. The minimum absolute atomic E-state index is 0.269. The topological polar surface area (TPSA) is 92.4 Å². The van der Waals surface area contributed by atoms with Gasteiger partial charge < -0.3 is 15.2 Å². The van der Waals surface area contributed by atoms with Crippen LogP contribution in [-0.4, -0.2) is 43.9 Å². The molecule has 2 aromatic rings. The Morgan fingerprint density at radius 2 is 2.24 bits per heavy atom. The van der Waals surface area contributed by atoms with Crippen molar-refractivity contribution in [2.24, 2.45) is 4.99 Å². The highest BCUT2D eigenvalue weighted by molar-refractivity contribution is 7.85. The van der Waals surface area contributed by atoms with Gasteiger partial charge in [-0.3, -0.25) is 4.21 Å². The number of nitrogens with one attached hydrogen (secondary N) is 2. The number of rotatable bonds is 7. The predicted octanol–water partition coefficient (Wildman–Crippen LogP) is 3.52. The molecule has 1 saturated carbocycles. The van der Waals surface area contributed by atoms with Gasteiger partial charge in [0.2, 0.25) is 11.7 Å². The number of hydrogen-bond acceptors (Lipinski definition) is 5. The van der Waals surface area contributed by atoms with Crippen LogP contribution in [0.15, 0.2) is 33.8 Å². The summed E-state index contributed by atoms with van der Waals surface area (Å²) in [6.07, 6.45) is 4.09. The highest BCUT2D eigenvalue weighted by Crippen LogP contribution is 2.23. The Hall–Kier alpha value is -1.93. The Morgan fingerprint density at radius 1 is 1.38 bits per heavy atom. The molecule has 1 aliphatic carbocycles. The number of hydrogen-bond donors (Lipinski definition) is 2. The molecule has 29 heavy (non-hydrogen) atoms. The molecule has 158 valence electrons. The molecule has 1 aliphatic rings. The molecule has 0 radical (unpaired) electrons. The molecular formula is C20H28ClN5O2S. The maximum absolute atomic E-state index is 12.2. The van der Waals surface area contributed by atoms with Gasteiger partial charge in [0.25, 0.3) is 0 Å². The molecule has 1 fully saturated rings. The van der Waals surface area contributed by atoms with Crippen LogP contribution in [-0.2, 0) is 17.3 Å². The largest absolute Gasteiger partial charge is 0.357 e. The van der Waals surface area contributed by atoms with Gasteiger partial charge in [-0.1, -0.05) is 42.2 Å². The SMILES string of the molecule is CCNC(=NCc1nc(-c2cccc(Cl)c2)no1)NC1CCCC(S(=O)CC)C1. The smallest absolute Gasteiger partial charge is 0.248 e. The average Bonchev–Trinajstić information content (AvgIpc) is 3.21. The molecule has 9 heteroatoms. The van der Waals surface area contributed by atoms with Crippen molar-refractivity contribution in [1.82, 2.24) is 20.8 Å². The van der Waals surface area contributed by atoms with E-state index in [4.69, 9.17) is 16.1 Å². The minimum atomic E-state index is -0.746. The maximum Gasteiger partial charge on any atom is 0.248 e. The summed E-state index contributed by atoms with van der Waals surface area (Å²) in [5.41, 5.74) is 0.804. The fraction of sp³-hybridized carbons (Fsp3) is 0.550. The van der Waals surface area contributed by atoms with Gasteiger partial charge in [0, 0.05) is 45.0 Å². The molecule has 3 unspecified atom stereocenters. The van der Waals surface area contributed by atoms with Crippen molar-refractivity contribution in [3.05, 3.63) is 35.2 Å². The molecule has 1 aromatic carbocycles. The van der Waals surface area contributed by atoms with Gasteiger partial charge >= 0.3 is 0 Å². The van der Waals surface area contributed by atoms with Crippen LogP contribution in [0.1, 0.15) is 45.4 Å². The van der Waals surface area contributed by atoms with E-state index < -0.39 is 10.8 Å². The van der Waals surface area contributed by atoms with Gasteiger partial charge in [-0.15, -0.1) is 0 Å². The molecule has 0 aliphatic heterocycles. The van der Waals surface area contributed by atoms with Gasteiger partial charge in [0.15, 0.2) is 5.96 Å². The van der Waals surface area contributed by atoms with Crippen LogP contribution in [0.4, 0.5) is 0 Å². The Balaban J connectivity index is 1.63. The van der Waals surface area contributed by atoms with Gasteiger partial charge in [0.1, 0.15) is 6.54 Å². The maximum atomic E-state index is 12.2. The van der Waals surface area contributed by atoms with Crippen molar-refractivity contribution >= 4 is 28.4 Å². The lowest BCUT2D eigenvalue weighted by Gasteiger charge is -2.30. The average molecular weight is 438 g/mol. The summed E-state index contributed by atoms with van der Waals surface area (Å²) in [7, 11) is -0.746. The number of aliphatic imine (C=N–C) groups is 1. The highest BCUT2D eigenvalue weighted by Gasteiger charge is 2.26. The molecule has 0 bridgehead atoms. The quantitative estimate of drug-likeness (QED) is 0.508. The fourth-order valence-corrected chi connectivity index (χ4v) is 5.01. The standard InChI is InChI=1S/C20H28ClN5O2S/c1-3-22-20(24-16-9-6-10-17(12-16)29(27)4-2)23-13-18-25-19(26-28-18)14-7-5-8-15(21)11-14/h5,7-8,11,16-17H,3-4,6,9-10,12-13H2,1-2H3,(H2,22,23,24). The first-order valence-electron chi connectivity index (χ1n) is 10.1. The zero-order valence-corrected chi connectivity index (χ0v) is 18.4. The zero-order valence-electron chi connectivity index (χ0n) is 16.9. The Bertz CT molecular complexity index is 857. The van der Waals surface area contributed by atoms with Crippen LogP contribution in [0, 0.1) is 0 Å².